The number of ether oxygens (including phenoxy) is 3. The molecule has 0 fully saturated rings. The lowest BCUT2D eigenvalue weighted by molar-refractivity contribution is 0.102. The van der Waals surface area contributed by atoms with E-state index in [1.165, 1.54) is 32.7 Å². The van der Waals surface area contributed by atoms with Gasteiger partial charge in [-0.1, -0.05) is 18.3 Å². The highest BCUT2D eigenvalue weighted by Crippen LogP contribution is 2.44. The van der Waals surface area contributed by atoms with E-state index in [1.54, 1.807) is 6.07 Å². The number of aromatic nitrogens is 2. The molecule has 1 heterocycles. The van der Waals surface area contributed by atoms with E-state index in [4.69, 9.17) is 14.2 Å². The standard InChI is InChI=1S/C14H16BrN3O4S/c1-5-9-17-18-14(23-9)16-13(19)7-6-8(20-2)11(21-3)12(22-4)10(7)15/h6H,5H2,1-4H3,(H,16,18,19). The molecule has 0 bridgehead atoms. The van der Waals surface area contributed by atoms with E-state index >= 15 is 0 Å². The summed E-state index contributed by atoms with van der Waals surface area (Å²) in [6, 6.07) is 1.57. The SMILES string of the molecule is CCc1nnc(NC(=O)c2cc(OC)c(OC)c(OC)c2Br)s1. The molecule has 2 aromatic rings. The molecule has 0 unspecified atom stereocenters. The summed E-state index contributed by atoms with van der Waals surface area (Å²) in [4.78, 5) is 12.5. The molecule has 0 aliphatic heterocycles. The molecule has 9 heteroatoms. The summed E-state index contributed by atoms with van der Waals surface area (Å²) < 4.78 is 16.3. The van der Waals surface area contributed by atoms with Gasteiger partial charge >= 0.3 is 0 Å². The molecular weight excluding hydrogens is 386 g/mol. The molecule has 23 heavy (non-hydrogen) atoms. The Morgan fingerprint density at radius 3 is 2.43 bits per heavy atom. The Hall–Kier alpha value is -1.87. The molecule has 0 aliphatic rings. The van der Waals surface area contributed by atoms with Crippen LogP contribution in [0.25, 0.3) is 0 Å². The highest BCUT2D eigenvalue weighted by atomic mass is 79.9. The quantitative estimate of drug-likeness (QED) is 0.800. The first-order valence-electron chi connectivity index (χ1n) is 6.67. The van der Waals surface area contributed by atoms with E-state index in [9.17, 15) is 4.79 Å². The zero-order chi connectivity index (χ0) is 17.0. The van der Waals surface area contributed by atoms with Crippen molar-refractivity contribution in [3.05, 3.63) is 21.1 Å². The summed E-state index contributed by atoms with van der Waals surface area (Å²) in [7, 11) is 4.48. The van der Waals surface area contributed by atoms with Crippen LogP contribution in [-0.2, 0) is 6.42 Å². The maximum Gasteiger partial charge on any atom is 0.258 e. The molecule has 124 valence electrons. The van der Waals surface area contributed by atoms with Gasteiger partial charge in [0.05, 0.1) is 31.4 Å². The second-order valence-corrected chi connectivity index (χ2v) is 6.17. The summed E-state index contributed by atoms with van der Waals surface area (Å²) in [5.41, 5.74) is 0.341. The van der Waals surface area contributed by atoms with Gasteiger partial charge in [-0.2, -0.15) is 0 Å². The van der Waals surface area contributed by atoms with Crippen LogP contribution in [-0.4, -0.2) is 37.4 Å². The molecule has 0 atom stereocenters. The molecule has 0 radical (unpaired) electrons. The number of anilines is 1. The van der Waals surface area contributed by atoms with Crippen molar-refractivity contribution in [1.29, 1.82) is 0 Å². The third-order valence-electron chi connectivity index (χ3n) is 3.00. The number of carbonyl (C=O) groups is 1. The number of aryl methyl sites for hydroxylation is 1. The van der Waals surface area contributed by atoms with Gasteiger partial charge in [0.1, 0.15) is 5.01 Å². The van der Waals surface area contributed by atoms with Crippen LogP contribution < -0.4 is 19.5 Å². The number of methoxy groups -OCH3 is 3. The van der Waals surface area contributed by atoms with Gasteiger partial charge in [-0.25, -0.2) is 0 Å². The summed E-state index contributed by atoms with van der Waals surface area (Å²) in [6.07, 6.45) is 0.765. The van der Waals surface area contributed by atoms with Crippen LogP contribution in [0.2, 0.25) is 0 Å². The monoisotopic (exact) mass is 401 g/mol. The lowest BCUT2D eigenvalue weighted by Crippen LogP contribution is -2.13. The predicted molar refractivity (Wildman–Crippen MR) is 91.0 cm³/mol. The topological polar surface area (TPSA) is 82.6 Å². The van der Waals surface area contributed by atoms with E-state index in [0.717, 1.165) is 11.4 Å². The van der Waals surface area contributed by atoms with Crippen LogP contribution in [0.15, 0.2) is 10.5 Å². The number of rotatable bonds is 6. The number of benzene rings is 1. The second kappa shape index (κ2) is 7.60. The minimum Gasteiger partial charge on any atom is -0.493 e. The van der Waals surface area contributed by atoms with Crippen LogP contribution in [0.3, 0.4) is 0 Å². The zero-order valence-corrected chi connectivity index (χ0v) is 15.5. The van der Waals surface area contributed by atoms with E-state index in [1.807, 2.05) is 6.92 Å². The number of hydrogen-bond acceptors (Lipinski definition) is 7. The maximum atomic E-state index is 12.5. The van der Waals surface area contributed by atoms with Crippen LogP contribution in [0.5, 0.6) is 17.2 Å². The minimum absolute atomic E-state index is 0.341. The molecule has 7 nitrogen and oxygen atoms in total. The molecule has 1 N–H and O–H groups in total. The Labute approximate surface area is 146 Å². The first-order valence-corrected chi connectivity index (χ1v) is 8.28. The third-order valence-corrected chi connectivity index (χ3v) is 4.77. The molecule has 0 saturated carbocycles. The van der Waals surface area contributed by atoms with Gasteiger partial charge in [0.15, 0.2) is 11.5 Å². The van der Waals surface area contributed by atoms with Crippen molar-refractivity contribution in [2.24, 2.45) is 0 Å². The third kappa shape index (κ3) is 3.56. The van der Waals surface area contributed by atoms with Gasteiger partial charge in [-0.15, -0.1) is 10.2 Å². The van der Waals surface area contributed by atoms with Crippen molar-refractivity contribution in [3.8, 4) is 17.2 Å². The number of hydrogen-bond donors (Lipinski definition) is 1. The maximum absolute atomic E-state index is 12.5. The van der Waals surface area contributed by atoms with Crippen LogP contribution in [0.4, 0.5) is 5.13 Å². The van der Waals surface area contributed by atoms with Crippen molar-refractivity contribution in [1.82, 2.24) is 10.2 Å². The molecule has 1 amide bonds. The van der Waals surface area contributed by atoms with Gasteiger partial charge in [-0.3, -0.25) is 10.1 Å². The molecule has 2 rings (SSSR count). The zero-order valence-electron chi connectivity index (χ0n) is 13.1. The normalized spacial score (nSPS) is 10.3. The molecule has 1 aromatic heterocycles. The van der Waals surface area contributed by atoms with E-state index in [2.05, 4.69) is 31.4 Å². The molecular formula is C14H16BrN3O4S. The Balaban J connectivity index is 2.39. The van der Waals surface area contributed by atoms with Gasteiger partial charge in [-0.05, 0) is 28.4 Å². The van der Waals surface area contributed by atoms with Crippen molar-refractivity contribution in [3.63, 3.8) is 0 Å². The van der Waals surface area contributed by atoms with Crippen molar-refractivity contribution >= 4 is 38.3 Å². The van der Waals surface area contributed by atoms with Crippen molar-refractivity contribution in [2.75, 3.05) is 26.6 Å². The summed E-state index contributed by atoms with van der Waals surface area (Å²) in [5.74, 6) is 0.824. The number of halogens is 1. The summed E-state index contributed by atoms with van der Waals surface area (Å²) in [6.45, 7) is 1.97. The van der Waals surface area contributed by atoms with Crippen LogP contribution in [0, 0.1) is 0 Å². The summed E-state index contributed by atoms with van der Waals surface area (Å²) in [5, 5.41) is 11.9. The highest BCUT2D eigenvalue weighted by molar-refractivity contribution is 9.10. The number of nitrogens with zero attached hydrogens (tertiary/aromatic N) is 2. The first kappa shape index (κ1) is 17.5. The predicted octanol–water partition coefficient (Wildman–Crippen LogP) is 3.14. The fourth-order valence-electron chi connectivity index (χ4n) is 1.90. The van der Waals surface area contributed by atoms with Gasteiger partial charge in [0, 0.05) is 0 Å². The number of carbonyl (C=O) groups excluding carboxylic acids is 1. The Kier molecular flexibility index (Phi) is 5.78. The fraction of sp³-hybridized carbons (Fsp3) is 0.357. The largest absolute Gasteiger partial charge is 0.493 e. The molecule has 0 aliphatic carbocycles. The van der Waals surface area contributed by atoms with Crippen molar-refractivity contribution < 1.29 is 19.0 Å². The first-order chi connectivity index (χ1) is 11.0. The fourth-order valence-corrected chi connectivity index (χ4v) is 3.21. The minimum atomic E-state index is -0.352. The summed E-state index contributed by atoms with van der Waals surface area (Å²) >= 11 is 4.71. The smallest absolute Gasteiger partial charge is 0.258 e. The second-order valence-electron chi connectivity index (χ2n) is 4.32. The Bertz CT molecular complexity index is 720. The lowest BCUT2D eigenvalue weighted by Gasteiger charge is -2.16. The Morgan fingerprint density at radius 1 is 1.22 bits per heavy atom. The van der Waals surface area contributed by atoms with Crippen molar-refractivity contribution in [2.45, 2.75) is 13.3 Å². The van der Waals surface area contributed by atoms with Gasteiger partial charge in [0.25, 0.3) is 5.91 Å². The molecule has 0 saturated heterocycles. The average Bonchev–Trinajstić information content (AvgIpc) is 3.01. The Morgan fingerprint density at radius 2 is 1.91 bits per heavy atom. The molecule has 1 aromatic carbocycles. The lowest BCUT2D eigenvalue weighted by atomic mass is 10.1. The highest BCUT2D eigenvalue weighted by Gasteiger charge is 2.23. The van der Waals surface area contributed by atoms with Crippen LogP contribution in [0.1, 0.15) is 22.3 Å². The number of nitrogens with one attached hydrogen (secondary N) is 1. The average molecular weight is 402 g/mol. The van der Waals surface area contributed by atoms with Crippen LogP contribution >= 0.6 is 27.3 Å². The van der Waals surface area contributed by atoms with Gasteiger partial charge in [0.2, 0.25) is 10.9 Å². The molecule has 0 spiro atoms. The van der Waals surface area contributed by atoms with E-state index in [0.29, 0.717) is 32.4 Å². The van der Waals surface area contributed by atoms with E-state index in [-0.39, 0.29) is 5.91 Å². The van der Waals surface area contributed by atoms with E-state index < -0.39 is 0 Å². The van der Waals surface area contributed by atoms with Gasteiger partial charge < -0.3 is 14.2 Å². The number of amides is 1.